The number of ether oxygens (including phenoxy) is 1. The number of primary amides is 1. The number of anilines is 1. The molecule has 9 nitrogen and oxygen atoms in total. The maximum Gasteiger partial charge on any atom is 0.338 e. The highest BCUT2D eigenvalue weighted by Crippen LogP contribution is 2.21. The summed E-state index contributed by atoms with van der Waals surface area (Å²) in [6.45, 7) is -0.621. The Bertz CT molecular complexity index is 1010. The summed E-state index contributed by atoms with van der Waals surface area (Å²) < 4.78 is 27.7. The number of hydrogen-bond donors (Lipinski definition) is 3. The standard InChI is InChI=1S/C16H14ClN3O6S/c17-12-6-3-10(7-13(12)27(19,24)25)16(23)26-8-14(21)20-11-4-1-9(2-5-11)15(18)22/h1-7H,8H2,(H2,18,22)(H,20,21)(H2,19,24,25). The Balaban J connectivity index is 1.99. The number of carbonyl (C=O) groups is 3. The second kappa shape index (κ2) is 8.16. The Morgan fingerprint density at radius 1 is 1.04 bits per heavy atom. The molecule has 0 bridgehead atoms. The Morgan fingerprint density at radius 3 is 2.19 bits per heavy atom. The van der Waals surface area contributed by atoms with Crippen LogP contribution in [0.15, 0.2) is 47.4 Å². The zero-order valence-corrected chi connectivity index (χ0v) is 15.2. The number of halogens is 1. The third-order valence-corrected chi connectivity index (χ3v) is 4.65. The lowest BCUT2D eigenvalue weighted by Gasteiger charge is -2.08. The largest absolute Gasteiger partial charge is 0.452 e. The summed E-state index contributed by atoms with van der Waals surface area (Å²) in [5, 5.41) is 7.31. The van der Waals surface area contributed by atoms with Gasteiger partial charge in [-0.25, -0.2) is 18.4 Å². The van der Waals surface area contributed by atoms with Crippen molar-refractivity contribution in [1.29, 1.82) is 0 Å². The fourth-order valence-corrected chi connectivity index (χ4v) is 3.05. The van der Waals surface area contributed by atoms with Crippen LogP contribution in [-0.4, -0.2) is 32.8 Å². The highest BCUT2D eigenvalue weighted by molar-refractivity contribution is 7.89. The summed E-state index contributed by atoms with van der Waals surface area (Å²) in [5.41, 5.74) is 5.61. The normalized spacial score (nSPS) is 10.9. The van der Waals surface area contributed by atoms with Gasteiger partial charge in [0, 0.05) is 11.3 Å². The molecule has 5 N–H and O–H groups in total. The van der Waals surface area contributed by atoms with Crippen LogP contribution in [0, 0.1) is 0 Å². The fraction of sp³-hybridized carbons (Fsp3) is 0.0625. The van der Waals surface area contributed by atoms with E-state index < -0.39 is 39.3 Å². The van der Waals surface area contributed by atoms with Gasteiger partial charge in [-0.05, 0) is 42.5 Å². The maximum atomic E-state index is 12.0. The van der Waals surface area contributed by atoms with Crippen LogP contribution in [-0.2, 0) is 19.6 Å². The van der Waals surface area contributed by atoms with Crippen LogP contribution >= 0.6 is 11.6 Å². The number of rotatable bonds is 6. The summed E-state index contributed by atoms with van der Waals surface area (Å²) in [6, 6.07) is 9.13. The number of primary sulfonamides is 1. The molecule has 27 heavy (non-hydrogen) atoms. The lowest BCUT2D eigenvalue weighted by atomic mass is 10.2. The predicted molar refractivity (Wildman–Crippen MR) is 96.7 cm³/mol. The van der Waals surface area contributed by atoms with Crippen LogP contribution < -0.4 is 16.2 Å². The summed E-state index contributed by atoms with van der Waals surface area (Å²) in [5.74, 6) is -2.18. The molecule has 142 valence electrons. The molecule has 0 atom stereocenters. The average Bonchev–Trinajstić information content (AvgIpc) is 2.59. The number of nitrogens with one attached hydrogen (secondary N) is 1. The SMILES string of the molecule is NC(=O)c1ccc(NC(=O)COC(=O)c2ccc(Cl)c(S(N)(=O)=O)c2)cc1. The van der Waals surface area contributed by atoms with E-state index in [9.17, 15) is 22.8 Å². The molecular weight excluding hydrogens is 398 g/mol. The van der Waals surface area contributed by atoms with Gasteiger partial charge in [0.15, 0.2) is 6.61 Å². The monoisotopic (exact) mass is 411 g/mol. The van der Waals surface area contributed by atoms with Crippen molar-refractivity contribution in [2.24, 2.45) is 10.9 Å². The molecule has 0 spiro atoms. The van der Waals surface area contributed by atoms with Gasteiger partial charge in [-0.15, -0.1) is 0 Å². The van der Waals surface area contributed by atoms with Gasteiger partial charge in [-0.3, -0.25) is 9.59 Å². The third-order valence-electron chi connectivity index (χ3n) is 3.26. The van der Waals surface area contributed by atoms with Crippen molar-refractivity contribution in [3.63, 3.8) is 0 Å². The minimum Gasteiger partial charge on any atom is -0.452 e. The lowest BCUT2D eigenvalue weighted by Crippen LogP contribution is -2.21. The summed E-state index contributed by atoms with van der Waals surface area (Å²) in [4.78, 5) is 34.4. The highest BCUT2D eigenvalue weighted by atomic mass is 35.5. The number of carbonyl (C=O) groups excluding carboxylic acids is 3. The first kappa shape index (κ1) is 20.4. The molecule has 0 heterocycles. The van der Waals surface area contributed by atoms with E-state index in [1.165, 1.54) is 36.4 Å². The van der Waals surface area contributed by atoms with Gasteiger partial charge in [0.1, 0.15) is 4.90 Å². The van der Waals surface area contributed by atoms with E-state index in [1.54, 1.807) is 0 Å². The number of benzene rings is 2. The number of sulfonamides is 1. The predicted octanol–water partition coefficient (Wildman–Crippen LogP) is 0.882. The quantitative estimate of drug-likeness (QED) is 0.598. The second-order valence-corrected chi connectivity index (χ2v) is 7.19. The Labute approximate surface area is 159 Å². The summed E-state index contributed by atoms with van der Waals surface area (Å²) >= 11 is 5.73. The zero-order valence-electron chi connectivity index (χ0n) is 13.6. The molecule has 2 rings (SSSR count). The topological polar surface area (TPSA) is 159 Å². The van der Waals surface area contributed by atoms with E-state index in [0.717, 1.165) is 6.07 Å². The van der Waals surface area contributed by atoms with Crippen LogP contribution in [0.5, 0.6) is 0 Å². The molecule has 0 aliphatic heterocycles. The fourth-order valence-electron chi connectivity index (χ4n) is 1.98. The van der Waals surface area contributed by atoms with Gasteiger partial charge in [0.25, 0.3) is 5.91 Å². The summed E-state index contributed by atoms with van der Waals surface area (Å²) in [6.07, 6.45) is 0. The van der Waals surface area contributed by atoms with Crippen LogP contribution in [0.3, 0.4) is 0 Å². The van der Waals surface area contributed by atoms with Gasteiger partial charge in [0.05, 0.1) is 10.6 Å². The number of hydrogen-bond acceptors (Lipinski definition) is 6. The lowest BCUT2D eigenvalue weighted by molar-refractivity contribution is -0.119. The van der Waals surface area contributed by atoms with Gasteiger partial charge in [-0.1, -0.05) is 11.6 Å². The van der Waals surface area contributed by atoms with Gasteiger partial charge >= 0.3 is 5.97 Å². The van der Waals surface area contributed by atoms with Gasteiger partial charge in [-0.2, -0.15) is 0 Å². The Morgan fingerprint density at radius 2 is 1.63 bits per heavy atom. The van der Waals surface area contributed by atoms with E-state index in [0.29, 0.717) is 5.69 Å². The van der Waals surface area contributed by atoms with Gasteiger partial charge in [0.2, 0.25) is 15.9 Å². The smallest absolute Gasteiger partial charge is 0.338 e. The van der Waals surface area contributed by atoms with Crippen molar-refractivity contribution in [1.82, 2.24) is 0 Å². The third kappa shape index (κ3) is 5.51. The van der Waals surface area contributed by atoms with Crippen molar-refractivity contribution >= 4 is 45.1 Å². The molecule has 2 aromatic rings. The van der Waals surface area contributed by atoms with Crippen LogP contribution in [0.1, 0.15) is 20.7 Å². The van der Waals surface area contributed by atoms with E-state index in [1.807, 2.05) is 0 Å². The van der Waals surface area contributed by atoms with Crippen molar-refractivity contribution < 1.29 is 27.5 Å². The maximum absolute atomic E-state index is 12.0. The number of esters is 1. The molecule has 2 amide bonds. The molecule has 2 aromatic carbocycles. The number of nitrogens with two attached hydrogens (primary N) is 2. The van der Waals surface area contributed by atoms with E-state index in [2.05, 4.69) is 5.32 Å². The molecule has 0 fully saturated rings. The summed E-state index contributed by atoms with van der Waals surface area (Å²) in [7, 11) is -4.12. The average molecular weight is 412 g/mol. The van der Waals surface area contributed by atoms with Crippen LogP contribution in [0.25, 0.3) is 0 Å². The van der Waals surface area contributed by atoms with Crippen molar-refractivity contribution in [2.75, 3.05) is 11.9 Å². The first-order chi connectivity index (χ1) is 12.6. The molecule has 0 aliphatic rings. The van der Waals surface area contributed by atoms with Crippen molar-refractivity contribution in [3.05, 3.63) is 58.6 Å². The van der Waals surface area contributed by atoms with Crippen LogP contribution in [0.4, 0.5) is 5.69 Å². The molecule has 0 saturated heterocycles. The molecule has 0 unspecified atom stereocenters. The first-order valence-electron chi connectivity index (χ1n) is 7.27. The Kier molecular flexibility index (Phi) is 6.16. The Hall–Kier alpha value is -2.95. The minimum absolute atomic E-state index is 0.137. The molecule has 0 radical (unpaired) electrons. The first-order valence-corrected chi connectivity index (χ1v) is 9.19. The van der Waals surface area contributed by atoms with Crippen molar-refractivity contribution in [2.45, 2.75) is 4.90 Å². The number of amides is 2. The molecule has 0 aromatic heterocycles. The molecule has 0 saturated carbocycles. The van der Waals surface area contributed by atoms with E-state index >= 15 is 0 Å². The zero-order chi connectivity index (χ0) is 20.2. The molecule has 11 heteroatoms. The van der Waals surface area contributed by atoms with E-state index in [4.69, 9.17) is 27.2 Å². The minimum atomic E-state index is -4.12. The van der Waals surface area contributed by atoms with E-state index in [-0.39, 0.29) is 16.1 Å². The molecule has 0 aliphatic carbocycles. The van der Waals surface area contributed by atoms with Gasteiger partial charge < -0.3 is 15.8 Å². The molecular formula is C16H14ClN3O6S. The van der Waals surface area contributed by atoms with Crippen molar-refractivity contribution in [3.8, 4) is 0 Å². The van der Waals surface area contributed by atoms with Crippen LogP contribution in [0.2, 0.25) is 5.02 Å². The highest BCUT2D eigenvalue weighted by Gasteiger charge is 2.18. The second-order valence-electron chi connectivity index (χ2n) is 5.26.